The first-order valence-electron chi connectivity index (χ1n) is 4.66. The number of ether oxygens (including phenoxy) is 2. The molecule has 0 aromatic carbocycles. The maximum absolute atomic E-state index is 5.57. The molecule has 0 aliphatic carbocycles. The summed E-state index contributed by atoms with van der Waals surface area (Å²) in [6, 6.07) is 0. The van der Waals surface area contributed by atoms with Gasteiger partial charge in [-0.15, -0.1) is 5.70 Å². The normalized spacial score (nSPS) is 12.9. The van der Waals surface area contributed by atoms with Crippen molar-refractivity contribution in [1.29, 1.82) is 0 Å². The molecule has 2 nitrogen and oxygen atoms in total. The van der Waals surface area contributed by atoms with Crippen LogP contribution in [-0.2, 0) is 9.47 Å². The second kappa shape index (κ2) is 6.40. The molecule has 0 N–H and O–H groups in total. The fourth-order valence-corrected chi connectivity index (χ4v) is 1.71. The molecule has 0 atom stereocenters. The van der Waals surface area contributed by atoms with Gasteiger partial charge < -0.3 is 9.47 Å². The molecule has 0 saturated heterocycles. The van der Waals surface area contributed by atoms with Crippen LogP contribution in [0.2, 0.25) is 0 Å². The van der Waals surface area contributed by atoms with E-state index >= 15 is 0 Å². The van der Waals surface area contributed by atoms with Crippen LogP contribution in [-0.4, -0.2) is 29.2 Å². The summed E-state index contributed by atoms with van der Waals surface area (Å²) in [5, 5.41) is 0. The van der Waals surface area contributed by atoms with E-state index in [1.54, 1.807) is 0 Å². The summed E-state index contributed by atoms with van der Waals surface area (Å²) in [4.78, 5) is 0. The Balaban J connectivity index is 4.27. The molecule has 0 aliphatic rings. The van der Waals surface area contributed by atoms with Gasteiger partial charge in [-0.25, -0.2) is 0 Å². The minimum Gasteiger partial charge on any atom is -0.347 e. The molecule has 72 valence electrons. The highest BCUT2D eigenvalue weighted by Crippen LogP contribution is 2.19. The predicted octanol–water partition coefficient (Wildman–Crippen LogP) is 1.04. The van der Waals surface area contributed by atoms with Gasteiger partial charge in [-0.05, 0) is 19.9 Å². The van der Waals surface area contributed by atoms with Crippen LogP contribution < -0.4 is 0 Å². The van der Waals surface area contributed by atoms with Crippen LogP contribution in [0, 0.1) is 0 Å². The molecule has 0 saturated carbocycles. The second-order valence-electron chi connectivity index (χ2n) is 2.53. The lowest BCUT2D eigenvalue weighted by molar-refractivity contribution is -0.200. The molecule has 0 radical (unpaired) electrons. The van der Waals surface area contributed by atoms with Gasteiger partial charge in [-0.3, -0.25) is 0 Å². The van der Waals surface area contributed by atoms with E-state index in [-0.39, 0.29) is 0 Å². The van der Waals surface area contributed by atoms with Crippen LogP contribution >= 0.6 is 0 Å². The van der Waals surface area contributed by atoms with Crippen LogP contribution in [0.3, 0.4) is 0 Å². The Kier molecular flexibility index (Phi) is 6.33. The third-order valence-electron chi connectivity index (χ3n) is 1.69. The van der Waals surface area contributed by atoms with Gasteiger partial charge in [0.15, 0.2) is 5.79 Å². The molecule has 0 heterocycles. The molecule has 0 bridgehead atoms. The zero-order chi connectivity index (χ0) is 9.45. The molecular weight excluding hydrogens is 168 g/mol. The van der Waals surface area contributed by atoms with Crippen LogP contribution in [0.5, 0.6) is 0 Å². The lowest BCUT2D eigenvalue weighted by Crippen LogP contribution is -2.33. The monoisotopic (exact) mass is 188 g/mol. The Morgan fingerprint density at radius 1 is 1.17 bits per heavy atom. The molecule has 0 aromatic heterocycles. The second-order valence-corrected chi connectivity index (χ2v) is 3.20. The molecule has 0 aliphatic heterocycles. The fourth-order valence-electron chi connectivity index (χ4n) is 1.20. The standard InChI is InChI=1S/C9H20O2Si/c1-4-9(7-8-12,10-5-2)11-6-3/h7-8H,4-6H2,1-3,12H3. The number of hydrogen-bond acceptors (Lipinski definition) is 2. The summed E-state index contributed by atoms with van der Waals surface area (Å²) in [5.41, 5.74) is 2.11. The van der Waals surface area contributed by atoms with Crippen molar-refractivity contribution in [3.05, 3.63) is 11.8 Å². The Morgan fingerprint density at radius 3 is 1.92 bits per heavy atom. The SMILES string of the molecule is CCOC(C=C[SiH3])(CC)OCC. The van der Waals surface area contributed by atoms with E-state index in [2.05, 4.69) is 12.6 Å². The summed E-state index contributed by atoms with van der Waals surface area (Å²) < 4.78 is 11.1. The molecule has 0 fully saturated rings. The zero-order valence-electron chi connectivity index (χ0n) is 8.59. The quantitative estimate of drug-likeness (QED) is 0.458. The molecule has 0 spiro atoms. The van der Waals surface area contributed by atoms with E-state index in [9.17, 15) is 0 Å². The van der Waals surface area contributed by atoms with Crippen molar-refractivity contribution in [3.63, 3.8) is 0 Å². The summed E-state index contributed by atoms with van der Waals surface area (Å²) in [7, 11) is 1.05. The van der Waals surface area contributed by atoms with Crippen LogP contribution in [0.1, 0.15) is 27.2 Å². The summed E-state index contributed by atoms with van der Waals surface area (Å²) in [6.07, 6.45) is 2.90. The van der Waals surface area contributed by atoms with Gasteiger partial charge in [0.25, 0.3) is 0 Å². The van der Waals surface area contributed by atoms with Crippen molar-refractivity contribution in [2.45, 2.75) is 33.0 Å². The molecule has 0 unspecified atom stereocenters. The van der Waals surface area contributed by atoms with E-state index in [0.29, 0.717) is 13.2 Å². The minimum atomic E-state index is -0.453. The topological polar surface area (TPSA) is 18.5 Å². The van der Waals surface area contributed by atoms with Crippen molar-refractivity contribution in [1.82, 2.24) is 0 Å². The van der Waals surface area contributed by atoms with Crippen molar-refractivity contribution < 1.29 is 9.47 Å². The van der Waals surface area contributed by atoms with Gasteiger partial charge in [-0.1, -0.05) is 6.92 Å². The van der Waals surface area contributed by atoms with E-state index in [1.807, 2.05) is 19.9 Å². The van der Waals surface area contributed by atoms with Crippen molar-refractivity contribution >= 4 is 10.2 Å². The Hall–Kier alpha value is -0.123. The Morgan fingerprint density at radius 2 is 1.67 bits per heavy atom. The maximum Gasteiger partial charge on any atom is 0.187 e. The van der Waals surface area contributed by atoms with E-state index in [4.69, 9.17) is 9.47 Å². The van der Waals surface area contributed by atoms with Crippen molar-refractivity contribution in [3.8, 4) is 0 Å². The molecule has 3 heteroatoms. The van der Waals surface area contributed by atoms with Gasteiger partial charge in [0.1, 0.15) is 0 Å². The maximum atomic E-state index is 5.57. The third kappa shape index (κ3) is 3.52. The van der Waals surface area contributed by atoms with Gasteiger partial charge >= 0.3 is 0 Å². The molecule has 0 rings (SSSR count). The van der Waals surface area contributed by atoms with Gasteiger partial charge in [-0.2, -0.15) is 0 Å². The van der Waals surface area contributed by atoms with Gasteiger partial charge in [0.2, 0.25) is 0 Å². The average molecular weight is 188 g/mol. The smallest absolute Gasteiger partial charge is 0.187 e. The third-order valence-corrected chi connectivity index (χ3v) is 2.02. The average Bonchev–Trinajstić information content (AvgIpc) is 2.06. The van der Waals surface area contributed by atoms with Crippen LogP contribution in [0.25, 0.3) is 0 Å². The predicted molar refractivity (Wildman–Crippen MR) is 55.4 cm³/mol. The Bertz CT molecular complexity index is 128. The Labute approximate surface area is 78.4 Å². The molecule has 0 amide bonds. The summed E-state index contributed by atoms with van der Waals surface area (Å²) >= 11 is 0. The first-order valence-corrected chi connectivity index (χ1v) is 5.81. The van der Waals surface area contributed by atoms with Gasteiger partial charge in [0.05, 0.1) is 0 Å². The first-order chi connectivity index (χ1) is 5.74. The van der Waals surface area contributed by atoms with Crippen molar-refractivity contribution in [2.75, 3.05) is 13.2 Å². The summed E-state index contributed by atoms with van der Waals surface area (Å²) in [6.45, 7) is 7.45. The zero-order valence-corrected chi connectivity index (χ0v) is 10.6. The number of hydrogen-bond donors (Lipinski definition) is 0. The highest BCUT2D eigenvalue weighted by Gasteiger charge is 2.24. The number of rotatable bonds is 6. The van der Waals surface area contributed by atoms with Crippen LogP contribution in [0.4, 0.5) is 0 Å². The largest absolute Gasteiger partial charge is 0.347 e. The van der Waals surface area contributed by atoms with E-state index in [0.717, 1.165) is 16.7 Å². The minimum absolute atomic E-state index is 0.453. The first kappa shape index (κ1) is 11.9. The van der Waals surface area contributed by atoms with E-state index < -0.39 is 5.79 Å². The molecule has 12 heavy (non-hydrogen) atoms. The van der Waals surface area contributed by atoms with Crippen molar-refractivity contribution in [2.24, 2.45) is 0 Å². The lowest BCUT2D eigenvalue weighted by Gasteiger charge is -2.28. The fraction of sp³-hybridized carbons (Fsp3) is 0.778. The summed E-state index contributed by atoms with van der Waals surface area (Å²) in [5.74, 6) is -0.453. The van der Waals surface area contributed by atoms with Gasteiger partial charge in [0, 0.05) is 29.9 Å². The molecular formula is C9H20O2Si. The molecule has 0 aromatic rings. The highest BCUT2D eigenvalue weighted by atomic mass is 28.1. The van der Waals surface area contributed by atoms with E-state index in [1.165, 1.54) is 0 Å². The highest BCUT2D eigenvalue weighted by molar-refractivity contribution is 6.17. The lowest BCUT2D eigenvalue weighted by atomic mass is 10.2. The van der Waals surface area contributed by atoms with Crippen LogP contribution in [0.15, 0.2) is 11.8 Å².